The number of likely N-dealkylation sites (tertiary alicyclic amines) is 1. The smallest absolute Gasteiger partial charge is 0.411 e. The Morgan fingerprint density at radius 1 is 0.792 bits per heavy atom. The molecule has 0 radical (unpaired) electrons. The second kappa shape index (κ2) is 16.4. The molecule has 0 unspecified atom stereocenters. The molecule has 4 amide bonds. The molecule has 0 spiro atoms. The van der Waals surface area contributed by atoms with E-state index in [4.69, 9.17) is 9.47 Å². The van der Waals surface area contributed by atoms with Crippen molar-refractivity contribution < 1.29 is 38.6 Å². The fourth-order valence-electron chi connectivity index (χ4n) is 5.29. The maximum atomic E-state index is 13.9. The van der Waals surface area contributed by atoms with Gasteiger partial charge in [0.1, 0.15) is 30.3 Å². The van der Waals surface area contributed by atoms with Crippen molar-refractivity contribution in [1.82, 2.24) is 20.9 Å². The number of nitrogens with one attached hydrogen (secondary N) is 3. The summed E-state index contributed by atoms with van der Waals surface area (Å²) >= 11 is 0. The van der Waals surface area contributed by atoms with Crippen molar-refractivity contribution >= 4 is 30.0 Å². The lowest BCUT2D eigenvalue weighted by atomic mass is 10.0. The van der Waals surface area contributed by atoms with Gasteiger partial charge in [0.2, 0.25) is 11.8 Å². The maximum Gasteiger partial charge on any atom is 0.411 e. The van der Waals surface area contributed by atoms with Crippen molar-refractivity contribution in [3.63, 3.8) is 0 Å². The van der Waals surface area contributed by atoms with Crippen molar-refractivity contribution in [3.8, 4) is 0 Å². The van der Waals surface area contributed by atoms with Crippen LogP contribution >= 0.6 is 0 Å². The van der Waals surface area contributed by atoms with E-state index in [2.05, 4.69) is 16.0 Å². The van der Waals surface area contributed by atoms with E-state index in [1.807, 2.05) is 36.4 Å². The second-order valence-electron chi connectivity index (χ2n) is 12.6. The molecular weight excluding hydrogens is 616 g/mol. The van der Waals surface area contributed by atoms with Gasteiger partial charge in [-0.3, -0.25) is 14.5 Å². The number of amides is 4. The maximum absolute atomic E-state index is 13.9. The number of nitrogens with zero attached hydrogens (tertiary/aromatic N) is 1. The summed E-state index contributed by atoms with van der Waals surface area (Å²) in [6.07, 6.45) is -1.35. The largest absolute Gasteiger partial charge is 0.480 e. The van der Waals surface area contributed by atoms with Crippen LogP contribution in [0.3, 0.4) is 0 Å². The molecule has 254 valence electrons. The molecule has 1 aliphatic heterocycles. The highest BCUT2D eigenvalue weighted by Crippen LogP contribution is 2.22. The van der Waals surface area contributed by atoms with E-state index in [1.165, 1.54) is 4.90 Å². The van der Waals surface area contributed by atoms with Gasteiger partial charge in [-0.1, -0.05) is 91.0 Å². The minimum absolute atomic E-state index is 0.0247. The molecule has 0 aliphatic carbocycles. The second-order valence-corrected chi connectivity index (χ2v) is 12.6. The Bertz CT molecular complexity index is 1550. The van der Waals surface area contributed by atoms with E-state index >= 15 is 0 Å². The predicted molar refractivity (Wildman–Crippen MR) is 177 cm³/mol. The van der Waals surface area contributed by atoms with Crippen LogP contribution in [0.2, 0.25) is 0 Å². The van der Waals surface area contributed by atoms with Crippen LogP contribution in [0, 0.1) is 0 Å². The highest BCUT2D eigenvalue weighted by atomic mass is 16.6. The predicted octanol–water partition coefficient (Wildman–Crippen LogP) is 3.83. The number of carboxylic acid groups (broad SMARTS) is 1. The van der Waals surface area contributed by atoms with Crippen LogP contribution in [0.15, 0.2) is 91.0 Å². The number of rotatable bonds is 12. The first-order chi connectivity index (χ1) is 22.9. The van der Waals surface area contributed by atoms with Crippen LogP contribution in [0.4, 0.5) is 9.59 Å². The standard InChI is InChI=1S/C36H42N4O8/c1-36(2,3)48-35(46)40-22-27(37-34(45)47-23-26-17-11-6-12-18-26)21-30(40)32(42)38-28(19-24-13-7-4-8-14-24)31(41)39-29(33(43)44)20-25-15-9-5-10-16-25/h4-18,27-30H,19-23H2,1-3H3,(H,37,45)(H,38,42)(H,39,41)(H,43,44)/t27-,28-,29-,30-/m0/s1. The zero-order chi connectivity index (χ0) is 34.7. The van der Waals surface area contributed by atoms with Crippen molar-refractivity contribution in [2.24, 2.45) is 0 Å². The van der Waals surface area contributed by atoms with Gasteiger partial charge < -0.3 is 30.5 Å². The molecule has 4 rings (SSSR count). The molecule has 0 aromatic heterocycles. The van der Waals surface area contributed by atoms with E-state index in [1.54, 1.807) is 75.4 Å². The molecule has 48 heavy (non-hydrogen) atoms. The van der Waals surface area contributed by atoms with E-state index in [0.29, 0.717) is 5.56 Å². The SMILES string of the molecule is CC(C)(C)OC(=O)N1C[C@@H](NC(=O)OCc2ccccc2)C[C@H]1C(=O)N[C@@H](Cc1ccccc1)C(=O)N[C@@H](Cc1ccccc1)C(=O)O. The first-order valence-electron chi connectivity index (χ1n) is 15.8. The molecule has 1 saturated heterocycles. The third-order valence-corrected chi connectivity index (χ3v) is 7.58. The fourth-order valence-corrected chi connectivity index (χ4v) is 5.29. The summed E-state index contributed by atoms with van der Waals surface area (Å²) < 4.78 is 10.9. The Morgan fingerprint density at radius 2 is 1.31 bits per heavy atom. The summed E-state index contributed by atoms with van der Waals surface area (Å²) in [5, 5.41) is 17.9. The molecule has 1 fully saturated rings. The van der Waals surface area contributed by atoms with Gasteiger partial charge in [0, 0.05) is 19.4 Å². The van der Waals surface area contributed by atoms with Gasteiger partial charge in [-0.15, -0.1) is 0 Å². The minimum atomic E-state index is -1.25. The van der Waals surface area contributed by atoms with E-state index in [0.717, 1.165) is 11.1 Å². The van der Waals surface area contributed by atoms with Crippen molar-refractivity contribution in [2.75, 3.05) is 6.54 Å². The number of alkyl carbamates (subject to hydrolysis) is 1. The number of carboxylic acids is 1. The van der Waals surface area contributed by atoms with Crippen LogP contribution in [-0.2, 0) is 43.3 Å². The summed E-state index contributed by atoms with van der Waals surface area (Å²) in [5.74, 6) is -2.58. The third-order valence-electron chi connectivity index (χ3n) is 7.58. The molecule has 1 heterocycles. The zero-order valence-electron chi connectivity index (χ0n) is 27.3. The lowest BCUT2D eigenvalue weighted by Gasteiger charge is -2.29. The van der Waals surface area contributed by atoms with E-state index in [9.17, 15) is 29.1 Å². The lowest BCUT2D eigenvalue weighted by Crippen LogP contribution is -2.56. The summed E-state index contributed by atoms with van der Waals surface area (Å²) in [7, 11) is 0. The lowest BCUT2D eigenvalue weighted by molar-refractivity contribution is -0.142. The molecule has 3 aromatic rings. The number of hydrogen-bond acceptors (Lipinski definition) is 7. The molecular formula is C36H42N4O8. The van der Waals surface area contributed by atoms with Crippen molar-refractivity contribution in [2.45, 2.75) is 76.4 Å². The number of carbonyl (C=O) groups is 5. The quantitative estimate of drug-likeness (QED) is 0.228. The Morgan fingerprint density at radius 3 is 1.83 bits per heavy atom. The third kappa shape index (κ3) is 10.9. The van der Waals surface area contributed by atoms with Gasteiger partial charge in [-0.2, -0.15) is 0 Å². The van der Waals surface area contributed by atoms with Gasteiger partial charge in [0.25, 0.3) is 0 Å². The van der Waals surface area contributed by atoms with Crippen LogP contribution in [0.25, 0.3) is 0 Å². The molecule has 3 aromatic carbocycles. The van der Waals surface area contributed by atoms with Crippen LogP contribution < -0.4 is 16.0 Å². The van der Waals surface area contributed by atoms with Crippen molar-refractivity contribution in [3.05, 3.63) is 108 Å². The van der Waals surface area contributed by atoms with Gasteiger partial charge in [-0.05, 0) is 43.9 Å². The number of hydrogen-bond donors (Lipinski definition) is 4. The number of aliphatic carboxylic acids is 1. The number of benzene rings is 3. The highest BCUT2D eigenvalue weighted by Gasteiger charge is 2.43. The van der Waals surface area contributed by atoms with Gasteiger partial charge >= 0.3 is 18.2 Å². The first kappa shape index (κ1) is 35.5. The van der Waals surface area contributed by atoms with Crippen molar-refractivity contribution in [1.29, 1.82) is 0 Å². The average molecular weight is 659 g/mol. The number of ether oxygens (including phenoxy) is 2. The normalized spacial score (nSPS) is 17.0. The fraction of sp³-hybridized carbons (Fsp3) is 0.361. The molecule has 0 bridgehead atoms. The zero-order valence-corrected chi connectivity index (χ0v) is 27.3. The van der Waals surface area contributed by atoms with Gasteiger partial charge in [0.05, 0.1) is 6.04 Å². The van der Waals surface area contributed by atoms with Crippen LogP contribution in [-0.4, -0.2) is 76.3 Å². The summed E-state index contributed by atoms with van der Waals surface area (Å²) in [4.78, 5) is 66.8. The van der Waals surface area contributed by atoms with Gasteiger partial charge in [-0.25, -0.2) is 14.4 Å². The Balaban J connectivity index is 1.50. The highest BCUT2D eigenvalue weighted by molar-refractivity contribution is 5.93. The molecule has 12 heteroatoms. The Kier molecular flexibility index (Phi) is 12.1. The first-order valence-corrected chi connectivity index (χ1v) is 15.8. The van der Waals surface area contributed by atoms with Crippen LogP contribution in [0.5, 0.6) is 0 Å². The Hall–Kier alpha value is -5.39. The summed E-state index contributed by atoms with van der Waals surface area (Å²) in [5.41, 5.74) is 1.37. The van der Waals surface area contributed by atoms with Crippen LogP contribution in [0.1, 0.15) is 43.9 Å². The van der Waals surface area contributed by atoms with E-state index in [-0.39, 0.29) is 32.4 Å². The summed E-state index contributed by atoms with van der Waals surface area (Å²) in [6.45, 7) is 5.09. The topological polar surface area (TPSA) is 163 Å². The monoisotopic (exact) mass is 658 g/mol. The molecule has 4 atom stereocenters. The number of carbonyl (C=O) groups excluding carboxylic acids is 4. The minimum Gasteiger partial charge on any atom is -0.480 e. The van der Waals surface area contributed by atoms with Gasteiger partial charge in [0.15, 0.2) is 0 Å². The Labute approximate surface area is 279 Å². The summed E-state index contributed by atoms with van der Waals surface area (Å²) in [6, 6.07) is 22.8. The molecule has 0 saturated carbocycles. The molecule has 12 nitrogen and oxygen atoms in total. The average Bonchev–Trinajstić information content (AvgIpc) is 3.48. The van der Waals surface area contributed by atoms with E-state index < -0.39 is 59.7 Å². The molecule has 1 aliphatic rings. The molecule has 4 N–H and O–H groups in total.